The first-order valence-corrected chi connectivity index (χ1v) is 4.00. The van der Waals surface area contributed by atoms with Crippen molar-refractivity contribution in [2.24, 2.45) is 0 Å². The molecule has 66 valence electrons. The molecule has 2 N–H and O–H groups in total. The number of hydrogen-bond acceptors (Lipinski definition) is 3. The summed E-state index contributed by atoms with van der Waals surface area (Å²) in [6, 6.07) is 0. The minimum atomic E-state index is -0.644. The van der Waals surface area contributed by atoms with Gasteiger partial charge in [-0.1, -0.05) is 0 Å². The molecule has 4 heteroatoms. The van der Waals surface area contributed by atoms with Crippen molar-refractivity contribution < 1.29 is 14.6 Å². The van der Waals surface area contributed by atoms with Crippen LogP contribution in [0, 0.1) is 0 Å². The topological polar surface area (TPSA) is 58.6 Å². The second-order valence-electron chi connectivity index (χ2n) is 3.22. The second-order valence-corrected chi connectivity index (χ2v) is 3.22. The Morgan fingerprint density at radius 2 is 2.58 bits per heavy atom. The third-order valence-corrected chi connectivity index (χ3v) is 2.36. The molecule has 2 aliphatic rings. The van der Waals surface area contributed by atoms with Gasteiger partial charge in [0.2, 0.25) is 5.91 Å². The van der Waals surface area contributed by atoms with Crippen LogP contribution < -0.4 is 5.32 Å². The van der Waals surface area contributed by atoms with E-state index >= 15 is 0 Å². The van der Waals surface area contributed by atoms with Crippen molar-refractivity contribution in [1.29, 1.82) is 0 Å². The van der Waals surface area contributed by atoms with Gasteiger partial charge in [-0.3, -0.25) is 4.79 Å². The fourth-order valence-corrected chi connectivity index (χ4v) is 1.61. The summed E-state index contributed by atoms with van der Waals surface area (Å²) in [5.74, 6) is -0.153. The quantitative estimate of drug-likeness (QED) is 0.498. The van der Waals surface area contributed by atoms with Crippen LogP contribution >= 0.6 is 0 Å². The van der Waals surface area contributed by atoms with Gasteiger partial charge in [-0.25, -0.2) is 0 Å². The van der Waals surface area contributed by atoms with Crippen molar-refractivity contribution in [2.75, 3.05) is 13.2 Å². The van der Waals surface area contributed by atoms with Crippen LogP contribution in [0.3, 0.4) is 0 Å². The number of hydrogen-bond donors (Lipinski definition) is 2. The molecule has 2 aliphatic heterocycles. The predicted molar refractivity (Wildman–Crippen MR) is 41.5 cm³/mol. The van der Waals surface area contributed by atoms with E-state index in [4.69, 9.17) is 4.74 Å². The van der Waals surface area contributed by atoms with Crippen LogP contribution in [0.1, 0.15) is 6.42 Å². The van der Waals surface area contributed by atoms with Crippen LogP contribution in [0.2, 0.25) is 0 Å². The van der Waals surface area contributed by atoms with E-state index < -0.39 is 11.6 Å². The Morgan fingerprint density at radius 1 is 1.75 bits per heavy atom. The standard InChI is InChI=1S/C8H11NO3/c10-6-2-4-12-5-8(6)3-1-7(11)9-8/h1,3,6,10H,2,4-5H2,(H,9,11). The summed E-state index contributed by atoms with van der Waals surface area (Å²) >= 11 is 0. The van der Waals surface area contributed by atoms with Crippen molar-refractivity contribution >= 4 is 5.91 Å². The Labute approximate surface area is 70.2 Å². The third-order valence-electron chi connectivity index (χ3n) is 2.36. The highest BCUT2D eigenvalue weighted by atomic mass is 16.5. The third kappa shape index (κ3) is 1.04. The molecule has 1 spiro atoms. The zero-order valence-corrected chi connectivity index (χ0v) is 6.62. The molecular formula is C8H11NO3. The normalized spacial score (nSPS) is 40.4. The maximum absolute atomic E-state index is 10.9. The van der Waals surface area contributed by atoms with Crippen LogP contribution in [-0.4, -0.2) is 35.9 Å². The number of carbonyl (C=O) groups is 1. The fourth-order valence-electron chi connectivity index (χ4n) is 1.61. The van der Waals surface area contributed by atoms with Crippen molar-refractivity contribution in [3.05, 3.63) is 12.2 Å². The summed E-state index contributed by atoms with van der Waals surface area (Å²) in [7, 11) is 0. The molecule has 1 amide bonds. The van der Waals surface area contributed by atoms with Gasteiger partial charge in [-0.2, -0.15) is 0 Å². The Balaban J connectivity index is 2.19. The predicted octanol–water partition coefficient (Wildman–Crippen LogP) is -0.808. The molecule has 0 aromatic rings. The lowest BCUT2D eigenvalue weighted by molar-refractivity contribution is -0.120. The molecule has 2 unspecified atom stereocenters. The van der Waals surface area contributed by atoms with E-state index in [0.717, 1.165) is 0 Å². The SMILES string of the molecule is O=C1C=CC2(COCCC2O)N1. The van der Waals surface area contributed by atoms with Gasteiger partial charge in [-0.05, 0) is 12.5 Å². The van der Waals surface area contributed by atoms with Crippen LogP contribution in [0.5, 0.6) is 0 Å². The summed E-state index contributed by atoms with van der Waals surface area (Å²) < 4.78 is 5.20. The lowest BCUT2D eigenvalue weighted by Gasteiger charge is -2.36. The zero-order valence-electron chi connectivity index (χ0n) is 6.62. The lowest BCUT2D eigenvalue weighted by Crippen LogP contribution is -2.57. The largest absolute Gasteiger partial charge is 0.390 e. The summed E-state index contributed by atoms with van der Waals surface area (Å²) in [5.41, 5.74) is -0.644. The maximum atomic E-state index is 10.9. The minimum Gasteiger partial charge on any atom is -0.390 e. The molecule has 2 heterocycles. The summed E-state index contributed by atoms with van der Waals surface area (Å²) in [5, 5.41) is 12.3. The lowest BCUT2D eigenvalue weighted by atomic mass is 9.91. The molecule has 0 aliphatic carbocycles. The molecule has 2 rings (SSSR count). The van der Waals surface area contributed by atoms with Gasteiger partial charge in [0, 0.05) is 12.7 Å². The average molecular weight is 169 g/mol. The van der Waals surface area contributed by atoms with Gasteiger partial charge in [0.1, 0.15) is 5.54 Å². The van der Waals surface area contributed by atoms with Crippen LogP contribution in [0.4, 0.5) is 0 Å². The van der Waals surface area contributed by atoms with E-state index in [2.05, 4.69) is 5.32 Å². The van der Waals surface area contributed by atoms with Crippen molar-refractivity contribution in [1.82, 2.24) is 5.32 Å². The summed E-state index contributed by atoms with van der Waals surface area (Å²) in [4.78, 5) is 10.9. The first-order valence-electron chi connectivity index (χ1n) is 4.00. The molecule has 0 bridgehead atoms. The second kappa shape index (κ2) is 2.57. The molecule has 0 aromatic heterocycles. The smallest absolute Gasteiger partial charge is 0.244 e. The summed E-state index contributed by atoms with van der Waals surface area (Å²) in [6.45, 7) is 0.934. The number of aliphatic hydroxyl groups excluding tert-OH is 1. The Kier molecular flexibility index (Phi) is 1.66. The van der Waals surface area contributed by atoms with Gasteiger partial charge in [0.25, 0.3) is 0 Å². The minimum absolute atomic E-state index is 0.153. The molecule has 12 heavy (non-hydrogen) atoms. The van der Waals surface area contributed by atoms with E-state index in [-0.39, 0.29) is 5.91 Å². The Hall–Kier alpha value is -0.870. The van der Waals surface area contributed by atoms with Crippen molar-refractivity contribution in [2.45, 2.75) is 18.1 Å². The molecule has 4 nitrogen and oxygen atoms in total. The number of rotatable bonds is 0. The number of aliphatic hydroxyl groups is 1. The summed E-state index contributed by atoms with van der Waals surface area (Å²) in [6.07, 6.45) is 3.19. The van der Waals surface area contributed by atoms with E-state index in [9.17, 15) is 9.90 Å². The zero-order chi connectivity index (χ0) is 8.60. The molecule has 1 fully saturated rings. The first kappa shape index (κ1) is 7.76. The van der Waals surface area contributed by atoms with Gasteiger partial charge in [0.05, 0.1) is 12.7 Å². The first-order chi connectivity index (χ1) is 5.73. The van der Waals surface area contributed by atoms with Gasteiger partial charge in [-0.15, -0.1) is 0 Å². The molecule has 0 saturated carbocycles. The van der Waals surface area contributed by atoms with E-state index in [0.29, 0.717) is 19.6 Å². The Bertz CT molecular complexity index is 238. The number of ether oxygens (including phenoxy) is 1. The molecule has 2 atom stereocenters. The van der Waals surface area contributed by atoms with Crippen LogP contribution in [0.15, 0.2) is 12.2 Å². The van der Waals surface area contributed by atoms with E-state index in [1.54, 1.807) is 6.08 Å². The number of nitrogens with one attached hydrogen (secondary N) is 1. The molecule has 1 saturated heterocycles. The number of carbonyl (C=O) groups excluding carboxylic acids is 1. The molecule has 0 aromatic carbocycles. The highest BCUT2D eigenvalue weighted by molar-refractivity contribution is 5.91. The molecular weight excluding hydrogens is 158 g/mol. The van der Waals surface area contributed by atoms with Crippen LogP contribution in [-0.2, 0) is 9.53 Å². The fraction of sp³-hybridized carbons (Fsp3) is 0.625. The van der Waals surface area contributed by atoms with E-state index in [1.807, 2.05) is 0 Å². The van der Waals surface area contributed by atoms with Crippen molar-refractivity contribution in [3.8, 4) is 0 Å². The Morgan fingerprint density at radius 3 is 3.17 bits per heavy atom. The highest BCUT2D eigenvalue weighted by Gasteiger charge is 2.42. The monoisotopic (exact) mass is 169 g/mol. The molecule has 0 radical (unpaired) electrons. The van der Waals surface area contributed by atoms with Gasteiger partial charge < -0.3 is 15.2 Å². The maximum Gasteiger partial charge on any atom is 0.244 e. The van der Waals surface area contributed by atoms with E-state index in [1.165, 1.54) is 6.08 Å². The van der Waals surface area contributed by atoms with Gasteiger partial charge in [0.15, 0.2) is 0 Å². The highest BCUT2D eigenvalue weighted by Crippen LogP contribution is 2.24. The van der Waals surface area contributed by atoms with Gasteiger partial charge >= 0.3 is 0 Å². The van der Waals surface area contributed by atoms with Crippen molar-refractivity contribution in [3.63, 3.8) is 0 Å². The average Bonchev–Trinajstić information content (AvgIpc) is 2.41. The number of amides is 1. The van der Waals surface area contributed by atoms with Crippen LogP contribution in [0.25, 0.3) is 0 Å².